The first-order chi connectivity index (χ1) is 9.06. The molecule has 7 heteroatoms. The molecule has 0 atom stereocenters. The summed E-state index contributed by atoms with van der Waals surface area (Å²) in [5.74, 6) is 1.38. The number of carbonyl (C=O) groups is 1. The number of carbonyl (C=O) groups excluding carboxylic acids is 1. The Balaban J connectivity index is 1.88. The Bertz CT molecular complexity index is 500. The molecule has 1 amide bonds. The third kappa shape index (κ3) is 4.09. The van der Waals surface area contributed by atoms with E-state index in [1.54, 1.807) is 23.1 Å². The van der Waals surface area contributed by atoms with E-state index in [1.807, 2.05) is 0 Å². The summed E-state index contributed by atoms with van der Waals surface area (Å²) in [6.07, 6.45) is 0. The highest BCUT2D eigenvalue weighted by molar-refractivity contribution is 7.85. The lowest BCUT2D eigenvalue weighted by Gasteiger charge is -2.26. The minimum atomic E-state index is -0.794. The van der Waals surface area contributed by atoms with Gasteiger partial charge in [0, 0.05) is 40.4 Å². The number of nitrogens with zero attached hydrogens (tertiary/aromatic N) is 1. The number of halogens is 2. The second-order valence-corrected chi connectivity index (χ2v) is 6.63. The van der Waals surface area contributed by atoms with Gasteiger partial charge >= 0.3 is 0 Å². The fourth-order valence-corrected chi connectivity index (χ4v) is 3.23. The van der Waals surface area contributed by atoms with E-state index in [4.69, 9.17) is 27.9 Å². The number of amides is 1. The smallest absolute Gasteiger partial charge is 0.260 e. The van der Waals surface area contributed by atoms with Gasteiger partial charge < -0.3 is 9.64 Å². The van der Waals surface area contributed by atoms with E-state index in [0.29, 0.717) is 40.4 Å². The average molecular weight is 322 g/mol. The van der Waals surface area contributed by atoms with Crippen LogP contribution < -0.4 is 4.74 Å². The summed E-state index contributed by atoms with van der Waals surface area (Å²) >= 11 is 11.7. The Morgan fingerprint density at radius 2 is 2.00 bits per heavy atom. The van der Waals surface area contributed by atoms with Gasteiger partial charge in [-0.2, -0.15) is 0 Å². The molecule has 4 nitrogen and oxygen atoms in total. The van der Waals surface area contributed by atoms with Crippen molar-refractivity contribution in [1.29, 1.82) is 0 Å². The molecule has 1 fully saturated rings. The predicted molar refractivity (Wildman–Crippen MR) is 76.4 cm³/mol. The van der Waals surface area contributed by atoms with Crippen molar-refractivity contribution in [3.63, 3.8) is 0 Å². The average Bonchev–Trinajstić information content (AvgIpc) is 2.38. The van der Waals surface area contributed by atoms with Crippen LogP contribution in [-0.2, 0) is 15.6 Å². The van der Waals surface area contributed by atoms with Crippen molar-refractivity contribution in [3.8, 4) is 5.75 Å². The molecule has 0 spiro atoms. The summed E-state index contributed by atoms with van der Waals surface area (Å²) < 4.78 is 16.6. The Labute approximate surface area is 124 Å². The third-order valence-corrected chi connectivity index (χ3v) is 4.58. The second-order valence-electron chi connectivity index (χ2n) is 4.09. The largest absolute Gasteiger partial charge is 0.482 e. The van der Waals surface area contributed by atoms with Crippen LogP contribution in [0.15, 0.2) is 18.2 Å². The Kier molecular flexibility index (Phi) is 5.07. The van der Waals surface area contributed by atoms with Gasteiger partial charge in [-0.15, -0.1) is 0 Å². The van der Waals surface area contributed by atoms with Crippen molar-refractivity contribution in [1.82, 2.24) is 4.90 Å². The monoisotopic (exact) mass is 321 g/mol. The van der Waals surface area contributed by atoms with Gasteiger partial charge in [0.25, 0.3) is 5.91 Å². The molecule has 0 aliphatic carbocycles. The predicted octanol–water partition coefficient (Wildman–Crippen LogP) is 1.96. The quantitative estimate of drug-likeness (QED) is 0.855. The SMILES string of the molecule is O=C(COc1ccc(Cl)cc1Cl)N1CCS(=O)CC1. The molecule has 0 bridgehead atoms. The molecule has 0 aromatic heterocycles. The van der Waals surface area contributed by atoms with Gasteiger partial charge in [-0.3, -0.25) is 9.00 Å². The normalized spacial score (nSPS) is 16.4. The summed E-state index contributed by atoms with van der Waals surface area (Å²) in [6.45, 7) is 0.959. The number of hydrogen-bond donors (Lipinski definition) is 0. The van der Waals surface area contributed by atoms with Gasteiger partial charge in [-0.1, -0.05) is 23.2 Å². The molecule has 0 unspecified atom stereocenters. The second kappa shape index (κ2) is 6.59. The molecule has 2 rings (SSSR count). The van der Waals surface area contributed by atoms with Crippen molar-refractivity contribution in [2.75, 3.05) is 31.2 Å². The van der Waals surface area contributed by atoms with Crippen molar-refractivity contribution < 1.29 is 13.7 Å². The maximum atomic E-state index is 11.9. The van der Waals surface area contributed by atoms with Crippen molar-refractivity contribution in [3.05, 3.63) is 28.2 Å². The fraction of sp³-hybridized carbons (Fsp3) is 0.417. The molecule has 1 aliphatic heterocycles. The molecule has 1 aliphatic rings. The lowest BCUT2D eigenvalue weighted by atomic mass is 10.3. The molecule has 0 N–H and O–H groups in total. The van der Waals surface area contributed by atoms with Crippen LogP contribution in [0.2, 0.25) is 10.0 Å². The summed E-state index contributed by atoms with van der Waals surface area (Å²) in [5.41, 5.74) is 0. The van der Waals surface area contributed by atoms with Crippen LogP contribution in [0, 0.1) is 0 Å². The zero-order chi connectivity index (χ0) is 13.8. The number of benzene rings is 1. The topological polar surface area (TPSA) is 46.6 Å². The number of ether oxygens (including phenoxy) is 1. The van der Waals surface area contributed by atoms with E-state index in [-0.39, 0.29) is 12.5 Å². The number of hydrogen-bond acceptors (Lipinski definition) is 3. The highest BCUT2D eigenvalue weighted by Gasteiger charge is 2.20. The van der Waals surface area contributed by atoms with E-state index in [1.165, 1.54) is 0 Å². The Morgan fingerprint density at radius 3 is 2.63 bits per heavy atom. The molecule has 104 valence electrons. The van der Waals surface area contributed by atoms with E-state index in [9.17, 15) is 9.00 Å². The maximum absolute atomic E-state index is 11.9. The zero-order valence-electron chi connectivity index (χ0n) is 10.1. The van der Waals surface area contributed by atoms with Gasteiger partial charge in [-0.05, 0) is 18.2 Å². The first kappa shape index (κ1) is 14.6. The standard InChI is InChI=1S/C12H13Cl2NO3S/c13-9-1-2-11(10(14)7-9)18-8-12(16)15-3-5-19(17)6-4-15/h1-2,7H,3-6,8H2. The van der Waals surface area contributed by atoms with E-state index >= 15 is 0 Å². The Hall–Kier alpha value is -0.780. The third-order valence-electron chi connectivity index (χ3n) is 2.78. The molecule has 1 aromatic rings. The molecule has 1 heterocycles. The highest BCUT2D eigenvalue weighted by Crippen LogP contribution is 2.27. The molecule has 0 radical (unpaired) electrons. The van der Waals surface area contributed by atoms with Crippen molar-refractivity contribution >= 4 is 39.9 Å². The summed E-state index contributed by atoms with van der Waals surface area (Å²) in [5, 5.41) is 0.891. The summed E-state index contributed by atoms with van der Waals surface area (Å²) in [7, 11) is -0.794. The fourth-order valence-electron chi connectivity index (χ4n) is 1.71. The molecule has 1 saturated heterocycles. The van der Waals surface area contributed by atoms with Crippen LogP contribution in [-0.4, -0.2) is 46.2 Å². The van der Waals surface area contributed by atoms with Crippen LogP contribution in [0.5, 0.6) is 5.75 Å². The van der Waals surface area contributed by atoms with Crippen LogP contribution in [0.4, 0.5) is 0 Å². The van der Waals surface area contributed by atoms with Gasteiger partial charge in [0.15, 0.2) is 6.61 Å². The minimum Gasteiger partial charge on any atom is -0.482 e. The molecular weight excluding hydrogens is 309 g/mol. The van der Waals surface area contributed by atoms with E-state index in [0.717, 1.165) is 0 Å². The molecule has 1 aromatic carbocycles. The first-order valence-corrected chi connectivity index (χ1v) is 8.01. The lowest BCUT2D eigenvalue weighted by molar-refractivity contribution is -0.133. The lowest BCUT2D eigenvalue weighted by Crippen LogP contribution is -2.43. The first-order valence-electron chi connectivity index (χ1n) is 5.77. The van der Waals surface area contributed by atoms with Gasteiger partial charge in [0.05, 0.1) is 5.02 Å². The van der Waals surface area contributed by atoms with Crippen LogP contribution in [0.1, 0.15) is 0 Å². The van der Waals surface area contributed by atoms with Gasteiger partial charge in [0.2, 0.25) is 0 Å². The van der Waals surface area contributed by atoms with E-state index in [2.05, 4.69) is 0 Å². The van der Waals surface area contributed by atoms with Crippen LogP contribution in [0.3, 0.4) is 0 Å². The minimum absolute atomic E-state index is 0.0754. The van der Waals surface area contributed by atoms with Crippen molar-refractivity contribution in [2.45, 2.75) is 0 Å². The molecule has 0 saturated carbocycles. The highest BCUT2D eigenvalue weighted by atomic mass is 35.5. The molecular formula is C12H13Cl2NO3S. The zero-order valence-corrected chi connectivity index (χ0v) is 12.4. The van der Waals surface area contributed by atoms with E-state index < -0.39 is 10.8 Å². The van der Waals surface area contributed by atoms with Crippen molar-refractivity contribution in [2.24, 2.45) is 0 Å². The maximum Gasteiger partial charge on any atom is 0.260 e. The van der Waals surface area contributed by atoms with Crippen LogP contribution >= 0.6 is 23.2 Å². The molecule has 19 heavy (non-hydrogen) atoms. The number of rotatable bonds is 3. The van der Waals surface area contributed by atoms with Crippen LogP contribution in [0.25, 0.3) is 0 Å². The Morgan fingerprint density at radius 1 is 1.32 bits per heavy atom. The van der Waals surface area contributed by atoms with Gasteiger partial charge in [0.1, 0.15) is 5.75 Å². The summed E-state index contributed by atoms with van der Waals surface area (Å²) in [6, 6.07) is 4.84. The van der Waals surface area contributed by atoms with Gasteiger partial charge in [-0.25, -0.2) is 0 Å². The summed E-state index contributed by atoms with van der Waals surface area (Å²) in [4.78, 5) is 13.5.